The van der Waals surface area contributed by atoms with Crippen molar-refractivity contribution in [3.05, 3.63) is 59.6 Å². The molecule has 0 unspecified atom stereocenters. The van der Waals surface area contributed by atoms with Crippen LogP contribution in [0, 0.1) is 5.92 Å². The van der Waals surface area contributed by atoms with Crippen molar-refractivity contribution in [1.29, 1.82) is 0 Å². The van der Waals surface area contributed by atoms with E-state index in [1.807, 2.05) is 24.3 Å². The van der Waals surface area contributed by atoms with Crippen LogP contribution in [0.2, 0.25) is 0 Å². The monoisotopic (exact) mass is 324 g/mol. The molecule has 6 heteroatoms. The summed E-state index contributed by atoms with van der Waals surface area (Å²) in [5, 5.41) is 13.7. The Hall–Kier alpha value is -2.89. The quantitative estimate of drug-likeness (QED) is 0.729. The predicted octanol–water partition coefficient (Wildman–Crippen LogP) is 3.19. The van der Waals surface area contributed by atoms with Gasteiger partial charge in [0.05, 0.1) is 12.2 Å². The minimum absolute atomic E-state index is 0.139. The summed E-state index contributed by atoms with van der Waals surface area (Å²) in [7, 11) is 0. The molecule has 1 aromatic carbocycles. The summed E-state index contributed by atoms with van der Waals surface area (Å²) in [5.41, 5.74) is 3.23. The summed E-state index contributed by atoms with van der Waals surface area (Å²) in [6, 6.07) is 11.1. The molecular formula is C18H20N4O2. The van der Waals surface area contributed by atoms with Crippen LogP contribution in [-0.4, -0.2) is 21.3 Å². The molecule has 0 aliphatic carbocycles. The highest BCUT2D eigenvalue weighted by molar-refractivity contribution is 5.94. The van der Waals surface area contributed by atoms with Crippen LogP contribution >= 0.6 is 0 Å². The summed E-state index contributed by atoms with van der Waals surface area (Å²) in [6.45, 7) is 4.59. The van der Waals surface area contributed by atoms with Gasteiger partial charge in [0.1, 0.15) is 11.5 Å². The van der Waals surface area contributed by atoms with Gasteiger partial charge in [0, 0.05) is 24.2 Å². The molecule has 0 aliphatic rings. The molecule has 3 aromatic rings. The number of aromatic amines is 1. The van der Waals surface area contributed by atoms with Crippen LogP contribution in [0.1, 0.15) is 35.7 Å². The van der Waals surface area contributed by atoms with E-state index in [9.17, 15) is 4.79 Å². The third-order valence-corrected chi connectivity index (χ3v) is 3.61. The van der Waals surface area contributed by atoms with E-state index < -0.39 is 0 Å². The Labute approximate surface area is 140 Å². The number of rotatable bonds is 6. The first-order valence-electron chi connectivity index (χ1n) is 7.94. The lowest BCUT2D eigenvalue weighted by atomic mass is 10.1. The number of amides is 1. The largest absolute Gasteiger partial charge is 0.361 e. The van der Waals surface area contributed by atoms with E-state index >= 15 is 0 Å². The van der Waals surface area contributed by atoms with Gasteiger partial charge >= 0.3 is 0 Å². The summed E-state index contributed by atoms with van der Waals surface area (Å²) in [6.07, 6.45) is 2.54. The normalized spacial score (nSPS) is 11.0. The van der Waals surface area contributed by atoms with Gasteiger partial charge in [-0.1, -0.05) is 31.1 Å². The second kappa shape index (κ2) is 7.12. The molecular weight excluding hydrogens is 304 g/mol. The number of H-pyrrole nitrogens is 1. The molecule has 2 N–H and O–H groups in total. The van der Waals surface area contributed by atoms with Crippen LogP contribution in [-0.2, 0) is 13.0 Å². The zero-order valence-corrected chi connectivity index (χ0v) is 13.7. The number of hydrogen-bond acceptors (Lipinski definition) is 4. The van der Waals surface area contributed by atoms with Crippen molar-refractivity contribution in [2.75, 3.05) is 0 Å². The average Bonchev–Trinajstić information content (AvgIpc) is 3.24. The maximum atomic E-state index is 12.2. The molecule has 0 saturated heterocycles. The Morgan fingerprint density at radius 3 is 2.71 bits per heavy atom. The number of nitrogens with zero attached hydrogens (tertiary/aromatic N) is 2. The fourth-order valence-electron chi connectivity index (χ4n) is 2.43. The first-order chi connectivity index (χ1) is 11.6. The van der Waals surface area contributed by atoms with Gasteiger partial charge in [0.15, 0.2) is 0 Å². The third-order valence-electron chi connectivity index (χ3n) is 3.61. The number of hydrogen-bond donors (Lipinski definition) is 2. The lowest BCUT2D eigenvalue weighted by molar-refractivity contribution is 0.0950. The lowest BCUT2D eigenvalue weighted by Gasteiger charge is -2.04. The maximum Gasteiger partial charge on any atom is 0.251 e. The molecule has 124 valence electrons. The molecule has 0 saturated carbocycles. The van der Waals surface area contributed by atoms with E-state index in [2.05, 4.69) is 34.5 Å². The van der Waals surface area contributed by atoms with E-state index in [1.54, 1.807) is 18.3 Å². The fourth-order valence-corrected chi connectivity index (χ4v) is 2.43. The minimum Gasteiger partial charge on any atom is -0.361 e. The van der Waals surface area contributed by atoms with Crippen molar-refractivity contribution >= 4 is 5.91 Å². The number of aromatic nitrogens is 3. The van der Waals surface area contributed by atoms with Crippen LogP contribution in [0.5, 0.6) is 0 Å². The molecule has 2 heterocycles. The molecule has 0 radical (unpaired) electrons. The Bertz CT molecular complexity index is 789. The van der Waals surface area contributed by atoms with Gasteiger partial charge in [-0.25, -0.2) is 0 Å². The van der Waals surface area contributed by atoms with Crippen LogP contribution < -0.4 is 5.32 Å². The van der Waals surface area contributed by atoms with Crippen molar-refractivity contribution in [3.8, 4) is 11.3 Å². The van der Waals surface area contributed by atoms with Crippen LogP contribution in [0.4, 0.5) is 0 Å². The maximum absolute atomic E-state index is 12.2. The third kappa shape index (κ3) is 3.90. The number of benzene rings is 1. The Morgan fingerprint density at radius 1 is 1.25 bits per heavy atom. The second-order valence-corrected chi connectivity index (χ2v) is 6.11. The number of carbonyl (C=O) groups excluding carboxylic acids is 1. The van der Waals surface area contributed by atoms with Crippen LogP contribution in [0.15, 0.2) is 47.1 Å². The molecule has 2 aromatic heterocycles. The molecule has 24 heavy (non-hydrogen) atoms. The molecule has 1 amide bonds. The van der Waals surface area contributed by atoms with Crippen molar-refractivity contribution in [3.63, 3.8) is 0 Å². The standard InChI is InChI=1S/C18H20N4O2/c1-12(2)9-16-10-15(22-24-16)11-19-18(23)14-5-3-13(4-6-14)17-7-8-20-21-17/h3-8,10,12H,9,11H2,1-2H3,(H,19,23)(H,20,21). The van der Waals surface area contributed by atoms with Gasteiger partial charge in [-0.05, 0) is 29.7 Å². The highest BCUT2D eigenvalue weighted by Crippen LogP contribution is 2.16. The summed E-state index contributed by atoms with van der Waals surface area (Å²) in [5.74, 6) is 1.21. The summed E-state index contributed by atoms with van der Waals surface area (Å²) >= 11 is 0. The van der Waals surface area contributed by atoms with Gasteiger partial charge in [0.2, 0.25) is 0 Å². The van der Waals surface area contributed by atoms with Crippen molar-refractivity contribution in [2.45, 2.75) is 26.8 Å². The smallest absolute Gasteiger partial charge is 0.251 e. The SMILES string of the molecule is CC(C)Cc1cc(CNC(=O)c2ccc(-c3ccn[nH]3)cc2)no1. The van der Waals surface area contributed by atoms with E-state index in [-0.39, 0.29) is 5.91 Å². The van der Waals surface area contributed by atoms with Crippen molar-refractivity contribution in [2.24, 2.45) is 5.92 Å². The topological polar surface area (TPSA) is 83.8 Å². The molecule has 0 spiro atoms. The Morgan fingerprint density at radius 2 is 2.04 bits per heavy atom. The van der Waals surface area contributed by atoms with Crippen LogP contribution in [0.25, 0.3) is 11.3 Å². The lowest BCUT2D eigenvalue weighted by Crippen LogP contribution is -2.22. The van der Waals surface area contributed by atoms with Gasteiger partial charge in [-0.15, -0.1) is 0 Å². The Balaban J connectivity index is 1.58. The predicted molar refractivity (Wildman–Crippen MR) is 90.2 cm³/mol. The molecule has 3 rings (SSSR count). The van der Waals surface area contributed by atoms with E-state index in [4.69, 9.17) is 4.52 Å². The van der Waals surface area contributed by atoms with Crippen LogP contribution in [0.3, 0.4) is 0 Å². The van der Waals surface area contributed by atoms with E-state index in [0.29, 0.717) is 18.0 Å². The number of carbonyl (C=O) groups is 1. The van der Waals surface area contributed by atoms with Gasteiger partial charge < -0.3 is 9.84 Å². The highest BCUT2D eigenvalue weighted by Gasteiger charge is 2.09. The van der Waals surface area contributed by atoms with E-state index in [0.717, 1.165) is 29.1 Å². The minimum atomic E-state index is -0.139. The molecule has 0 atom stereocenters. The molecule has 0 bridgehead atoms. The molecule has 6 nitrogen and oxygen atoms in total. The van der Waals surface area contributed by atoms with Gasteiger partial charge in [0.25, 0.3) is 5.91 Å². The summed E-state index contributed by atoms with van der Waals surface area (Å²) in [4.78, 5) is 12.2. The zero-order chi connectivity index (χ0) is 16.9. The molecule has 0 fully saturated rings. The fraction of sp³-hybridized carbons (Fsp3) is 0.278. The average molecular weight is 324 g/mol. The zero-order valence-electron chi connectivity index (χ0n) is 13.7. The second-order valence-electron chi connectivity index (χ2n) is 6.11. The highest BCUT2D eigenvalue weighted by atomic mass is 16.5. The number of nitrogens with one attached hydrogen (secondary N) is 2. The van der Waals surface area contributed by atoms with Crippen molar-refractivity contribution < 1.29 is 9.32 Å². The first kappa shape index (κ1) is 16.0. The Kier molecular flexibility index (Phi) is 4.74. The van der Waals surface area contributed by atoms with Gasteiger partial charge in [-0.3, -0.25) is 9.89 Å². The molecule has 0 aliphatic heterocycles. The van der Waals surface area contributed by atoms with Gasteiger partial charge in [-0.2, -0.15) is 5.10 Å². The summed E-state index contributed by atoms with van der Waals surface area (Å²) < 4.78 is 5.26. The van der Waals surface area contributed by atoms with E-state index in [1.165, 1.54) is 0 Å². The van der Waals surface area contributed by atoms with Crippen molar-refractivity contribution in [1.82, 2.24) is 20.7 Å². The first-order valence-corrected chi connectivity index (χ1v) is 7.94.